The Balaban J connectivity index is 2.23. The molecule has 3 nitrogen and oxygen atoms in total. The van der Waals surface area contributed by atoms with E-state index in [1.807, 2.05) is 0 Å². The van der Waals surface area contributed by atoms with Crippen LogP contribution in [0.15, 0.2) is 12.2 Å². The van der Waals surface area contributed by atoms with Crippen molar-refractivity contribution in [2.75, 3.05) is 19.6 Å². The maximum atomic E-state index is 10.2. The molecule has 0 aliphatic carbocycles. The molecule has 0 bridgehead atoms. The summed E-state index contributed by atoms with van der Waals surface area (Å²) in [6.07, 6.45) is 1.19. The van der Waals surface area contributed by atoms with E-state index in [1.54, 1.807) is 0 Å². The third-order valence-electron chi connectivity index (χ3n) is 1.67. The fraction of sp³-hybridized carbons (Fsp3) is 0.571. The lowest BCUT2D eigenvalue weighted by molar-refractivity contribution is -0.133. The number of hydrogen-bond donors (Lipinski definition) is 1. The normalized spacial score (nSPS) is 18.0. The van der Waals surface area contributed by atoms with Crippen LogP contribution in [0.1, 0.15) is 6.42 Å². The molecule has 56 valence electrons. The van der Waals surface area contributed by atoms with Gasteiger partial charge in [-0.15, -0.1) is 0 Å². The molecule has 0 radical (unpaired) electrons. The molecule has 0 saturated carbocycles. The molecule has 3 heteroatoms. The van der Waals surface area contributed by atoms with Crippen molar-refractivity contribution in [1.29, 1.82) is 0 Å². The lowest BCUT2D eigenvalue weighted by Gasteiger charge is -2.30. The first-order valence-electron chi connectivity index (χ1n) is 3.33. The quantitative estimate of drug-likeness (QED) is 0.576. The largest absolute Gasteiger partial charge is 0.478 e. The number of carboxylic acids is 1. The molecular formula is C7H11NO2. The van der Waals surface area contributed by atoms with Gasteiger partial charge in [0.15, 0.2) is 0 Å². The zero-order valence-corrected chi connectivity index (χ0v) is 5.84. The van der Waals surface area contributed by atoms with Crippen LogP contribution in [0, 0.1) is 0 Å². The summed E-state index contributed by atoms with van der Waals surface area (Å²) in [5, 5.41) is 8.42. The van der Waals surface area contributed by atoms with E-state index in [2.05, 4.69) is 11.5 Å². The summed E-state index contributed by atoms with van der Waals surface area (Å²) in [4.78, 5) is 12.3. The number of aliphatic carboxylic acids is 1. The van der Waals surface area contributed by atoms with Crippen molar-refractivity contribution in [3.63, 3.8) is 0 Å². The molecule has 0 spiro atoms. The Hall–Kier alpha value is -0.830. The number of likely N-dealkylation sites (tertiary alicyclic amines) is 1. The third-order valence-corrected chi connectivity index (χ3v) is 1.67. The van der Waals surface area contributed by atoms with E-state index in [1.165, 1.54) is 6.42 Å². The van der Waals surface area contributed by atoms with Gasteiger partial charge in [0.25, 0.3) is 0 Å². The molecule has 1 saturated heterocycles. The van der Waals surface area contributed by atoms with Gasteiger partial charge in [-0.1, -0.05) is 6.58 Å². The van der Waals surface area contributed by atoms with Crippen molar-refractivity contribution in [3.05, 3.63) is 12.2 Å². The maximum Gasteiger partial charge on any atom is 0.332 e. The molecule has 1 N–H and O–H groups in total. The first kappa shape index (κ1) is 7.28. The average molecular weight is 141 g/mol. The number of rotatable bonds is 3. The molecule has 0 amide bonds. The van der Waals surface area contributed by atoms with Crippen LogP contribution in [0.3, 0.4) is 0 Å². The van der Waals surface area contributed by atoms with Gasteiger partial charge in [0.1, 0.15) is 0 Å². The van der Waals surface area contributed by atoms with E-state index in [0.29, 0.717) is 12.1 Å². The first-order chi connectivity index (χ1) is 4.70. The number of nitrogens with zero attached hydrogens (tertiary/aromatic N) is 1. The topological polar surface area (TPSA) is 40.5 Å². The van der Waals surface area contributed by atoms with Crippen molar-refractivity contribution < 1.29 is 9.90 Å². The Morgan fingerprint density at radius 2 is 2.20 bits per heavy atom. The van der Waals surface area contributed by atoms with Crippen molar-refractivity contribution in [2.45, 2.75) is 6.42 Å². The Morgan fingerprint density at radius 3 is 2.50 bits per heavy atom. The molecule has 1 heterocycles. The van der Waals surface area contributed by atoms with Crippen molar-refractivity contribution in [3.8, 4) is 0 Å². The average Bonchev–Trinajstić information content (AvgIpc) is 1.77. The standard InChI is InChI=1S/C7H11NO2/c1-6(7(9)10)5-8-3-2-4-8/h1-5H2,(H,9,10). The molecule has 0 aromatic heterocycles. The monoisotopic (exact) mass is 141 g/mol. The van der Waals surface area contributed by atoms with Gasteiger partial charge >= 0.3 is 5.97 Å². The van der Waals surface area contributed by atoms with Crippen LogP contribution in [0.5, 0.6) is 0 Å². The highest BCUT2D eigenvalue weighted by molar-refractivity contribution is 5.86. The first-order valence-corrected chi connectivity index (χ1v) is 3.33. The van der Waals surface area contributed by atoms with Gasteiger partial charge in [0, 0.05) is 12.1 Å². The third kappa shape index (κ3) is 1.57. The van der Waals surface area contributed by atoms with E-state index < -0.39 is 5.97 Å². The van der Waals surface area contributed by atoms with Crippen LogP contribution in [-0.2, 0) is 4.79 Å². The predicted molar refractivity (Wildman–Crippen MR) is 37.8 cm³/mol. The Morgan fingerprint density at radius 1 is 1.60 bits per heavy atom. The highest BCUT2D eigenvalue weighted by Crippen LogP contribution is 2.07. The SMILES string of the molecule is C=C(CN1CCC1)C(=O)O. The van der Waals surface area contributed by atoms with E-state index in [9.17, 15) is 4.79 Å². The Bertz CT molecular complexity index is 161. The summed E-state index contributed by atoms with van der Waals surface area (Å²) >= 11 is 0. The molecule has 1 fully saturated rings. The van der Waals surface area contributed by atoms with Gasteiger partial charge in [-0.05, 0) is 19.5 Å². The molecule has 0 unspecified atom stereocenters. The Labute approximate surface area is 59.9 Å². The van der Waals surface area contributed by atoms with Crippen LogP contribution in [0.2, 0.25) is 0 Å². The van der Waals surface area contributed by atoms with E-state index in [-0.39, 0.29) is 0 Å². The maximum absolute atomic E-state index is 10.2. The summed E-state index contributed by atoms with van der Waals surface area (Å²) in [5.41, 5.74) is 0.291. The second-order valence-corrected chi connectivity index (χ2v) is 2.54. The summed E-state index contributed by atoms with van der Waals surface area (Å²) < 4.78 is 0. The molecule has 1 aliphatic rings. The number of hydrogen-bond acceptors (Lipinski definition) is 2. The molecule has 10 heavy (non-hydrogen) atoms. The lowest BCUT2D eigenvalue weighted by Crippen LogP contribution is -2.39. The fourth-order valence-corrected chi connectivity index (χ4v) is 0.877. The highest BCUT2D eigenvalue weighted by atomic mass is 16.4. The molecule has 1 aliphatic heterocycles. The van der Waals surface area contributed by atoms with Crippen LogP contribution < -0.4 is 0 Å². The van der Waals surface area contributed by atoms with E-state index in [0.717, 1.165) is 13.1 Å². The van der Waals surface area contributed by atoms with E-state index in [4.69, 9.17) is 5.11 Å². The summed E-state index contributed by atoms with van der Waals surface area (Å²) in [6.45, 7) is 6.00. The zero-order chi connectivity index (χ0) is 7.56. The highest BCUT2D eigenvalue weighted by Gasteiger charge is 2.16. The van der Waals surface area contributed by atoms with Crippen LogP contribution in [-0.4, -0.2) is 35.6 Å². The molecular weight excluding hydrogens is 130 g/mol. The fourth-order valence-electron chi connectivity index (χ4n) is 0.877. The van der Waals surface area contributed by atoms with Gasteiger partial charge in [-0.25, -0.2) is 4.79 Å². The minimum Gasteiger partial charge on any atom is -0.478 e. The van der Waals surface area contributed by atoms with Gasteiger partial charge in [-0.3, -0.25) is 4.90 Å². The molecule has 0 aromatic carbocycles. The van der Waals surface area contributed by atoms with Gasteiger partial charge in [-0.2, -0.15) is 0 Å². The summed E-state index contributed by atoms with van der Waals surface area (Å²) in [6, 6.07) is 0. The summed E-state index contributed by atoms with van der Waals surface area (Å²) in [7, 11) is 0. The minimum absolute atomic E-state index is 0.291. The van der Waals surface area contributed by atoms with Crippen molar-refractivity contribution in [2.24, 2.45) is 0 Å². The molecule has 0 atom stereocenters. The van der Waals surface area contributed by atoms with Crippen LogP contribution in [0.25, 0.3) is 0 Å². The zero-order valence-electron chi connectivity index (χ0n) is 5.84. The smallest absolute Gasteiger partial charge is 0.332 e. The lowest BCUT2D eigenvalue weighted by atomic mass is 10.2. The van der Waals surface area contributed by atoms with Crippen molar-refractivity contribution >= 4 is 5.97 Å². The van der Waals surface area contributed by atoms with Crippen molar-refractivity contribution in [1.82, 2.24) is 4.90 Å². The number of carbonyl (C=O) groups is 1. The Kier molecular flexibility index (Phi) is 2.06. The second-order valence-electron chi connectivity index (χ2n) is 2.54. The van der Waals surface area contributed by atoms with E-state index >= 15 is 0 Å². The number of carboxylic acid groups (broad SMARTS) is 1. The van der Waals surface area contributed by atoms with Gasteiger partial charge in [0.05, 0.1) is 0 Å². The van der Waals surface area contributed by atoms with Crippen LogP contribution >= 0.6 is 0 Å². The summed E-state index contributed by atoms with van der Waals surface area (Å²) in [5.74, 6) is -0.882. The second kappa shape index (κ2) is 2.84. The van der Waals surface area contributed by atoms with Gasteiger partial charge in [0.2, 0.25) is 0 Å². The van der Waals surface area contributed by atoms with Gasteiger partial charge < -0.3 is 5.11 Å². The molecule has 1 rings (SSSR count). The predicted octanol–water partition coefficient (Wildman–Crippen LogP) is 0.333. The minimum atomic E-state index is -0.882. The van der Waals surface area contributed by atoms with Crippen LogP contribution in [0.4, 0.5) is 0 Å². The molecule has 0 aromatic rings.